The van der Waals surface area contributed by atoms with E-state index in [2.05, 4.69) is 41.3 Å². The molecule has 0 bridgehead atoms. The van der Waals surface area contributed by atoms with Crippen LogP contribution in [0.1, 0.15) is 48.2 Å². The summed E-state index contributed by atoms with van der Waals surface area (Å²) >= 11 is 0. The third kappa shape index (κ3) is 3.46. The number of carbonyl (C=O) groups excluding carboxylic acids is 1. The molecule has 6 heteroatoms. The standard InChI is InChI=1S/C22H27N5O/c1-4-27-20(13-17(25-27)12-15(2)3)22(28)26-11-10-19-18(14-26)21(24-23-19)16-8-6-5-7-9-16/h5-9,13,15H,4,10-12,14H2,1-3H3,(H,23,24). The lowest BCUT2D eigenvalue weighted by Crippen LogP contribution is -2.37. The highest BCUT2D eigenvalue weighted by Crippen LogP contribution is 2.29. The molecular formula is C22H27N5O. The van der Waals surface area contributed by atoms with E-state index in [1.54, 1.807) is 0 Å². The molecule has 0 spiro atoms. The Bertz CT molecular complexity index is 970. The van der Waals surface area contributed by atoms with Crippen molar-refractivity contribution in [3.05, 3.63) is 59.0 Å². The van der Waals surface area contributed by atoms with E-state index < -0.39 is 0 Å². The molecule has 28 heavy (non-hydrogen) atoms. The number of fused-ring (bicyclic) bond motifs is 1. The summed E-state index contributed by atoms with van der Waals surface area (Å²) in [6.07, 6.45) is 1.68. The molecule has 0 fully saturated rings. The fourth-order valence-corrected chi connectivity index (χ4v) is 3.87. The number of aromatic nitrogens is 4. The molecule has 3 heterocycles. The molecule has 1 aromatic carbocycles. The van der Waals surface area contributed by atoms with Crippen molar-refractivity contribution in [3.63, 3.8) is 0 Å². The predicted molar refractivity (Wildman–Crippen MR) is 109 cm³/mol. The maximum Gasteiger partial charge on any atom is 0.272 e. The maximum absolute atomic E-state index is 13.3. The van der Waals surface area contributed by atoms with Gasteiger partial charge in [0.2, 0.25) is 0 Å². The molecular weight excluding hydrogens is 350 g/mol. The molecule has 0 atom stereocenters. The summed E-state index contributed by atoms with van der Waals surface area (Å²) in [6.45, 7) is 8.32. The minimum atomic E-state index is 0.0511. The quantitative estimate of drug-likeness (QED) is 0.737. The molecule has 1 aliphatic rings. The van der Waals surface area contributed by atoms with E-state index in [9.17, 15) is 4.79 Å². The van der Waals surface area contributed by atoms with Crippen molar-refractivity contribution in [3.8, 4) is 11.3 Å². The highest BCUT2D eigenvalue weighted by atomic mass is 16.2. The molecule has 2 aromatic heterocycles. The number of benzene rings is 1. The Balaban J connectivity index is 1.60. The Morgan fingerprint density at radius 2 is 2.04 bits per heavy atom. The zero-order valence-electron chi connectivity index (χ0n) is 16.8. The maximum atomic E-state index is 13.3. The first-order valence-electron chi connectivity index (χ1n) is 10.0. The number of H-pyrrole nitrogens is 1. The van der Waals surface area contributed by atoms with Crippen molar-refractivity contribution < 1.29 is 4.79 Å². The van der Waals surface area contributed by atoms with E-state index >= 15 is 0 Å². The SMILES string of the molecule is CCn1nc(CC(C)C)cc1C(=O)N1CCc2[nH]nc(-c3ccccc3)c2C1. The molecule has 6 nitrogen and oxygen atoms in total. The number of hydrogen-bond acceptors (Lipinski definition) is 3. The molecule has 0 aliphatic carbocycles. The van der Waals surface area contributed by atoms with Gasteiger partial charge in [-0.3, -0.25) is 14.6 Å². The second-order valence-corrected chi connectivity index (χ2v) is 7.81. The summed E-state index contributed by atoms with van der Waals surface area (Å²) in [5.74, 6) is 0.565. The fraction of sp³-hybridized carbons (Fsp3) is 0.409. The Hall–Kier alpha value is -2.89. The number of aryl methyl sites for hydroxylation is 1. The summed E-state index contributed by atoms with van der Waals surface area (Å²) < 4.78 is 1.84. The molecule has 146 valence electrons. The Kier molecular flexibility index (Phi) is 5.03. The topological polar surface area (TPSA) is 66.8 Å². The van der Waals surface area contributed by atoms with Crippen molar-refractivity contribution in [1.29, 1.82) is 0 Å². The first-order chi connectivity index (χ1) is 13.6. The second-order valence-electron chi connectivity index (χ2n) is 7.81. The average Bonchev–Trinajstić information content (AvgIpc) is 3.31. The van der Waals surface area contributed by atoms with Crippen LogP contribution in [0.4, 0.5) is 0 Å². The van der Waals surface area contributed by atoms with Gasteiger partial charge in [-0.2, -0.15) is 10.2 Å². The van der Waals surface area contributed by atoms with Gasteiger partial charge in [0, 0.05) is 36.3 Å². The van der Waals surface area contributed by atoms with Gasteiger partial charge in [-0.1, -0.05) is 44.2 Å². The van der Waals surface area contributed by atoms with E-state index in [0.29, 0.717) is 31.2 Å². The van der Waals surface area contributed by atoms with Crippen LogP contribution in [-0.4, -0.2) is 37.3 Å². The number of hydrogen-bond donors (Lipinski definition) is 1. The molecule has 0 saturated heterocycles. The van der Waals surface area contributed by atoms with Gasteiger partial charge in [0.05, 0.1) is 17.9 Å². The van der Waals surface area contributed by atoms with E-state index in [-0.39, 0.29) is 5.91 Å². The van der Waals surface area contributed by atoms with Gasteiger partial charge in [-0.25, -0.2) is 0 Å². The van der Waals surface area contributed by atoms with Crippen LogP contribution in [0.25, 0.3) is 11.3 Å². The van der Waals surface area contributed by atoms with Crippen molar-refractivity contribution in [2.75, 3.05) is 6.54 Å². The molecule has 1 N–H and O–H groups in total. The van der Waals surface area contributed by atoms with E-state index in [1.165, 1.54) is 0 Å². The Morgan fingerprint density at radius 3 is 2.75 bits per heavy atom. The Labute approximate surface area is 165 Å². The van der Waals surface area contributed by atoms with Crippen LogP contribution >= 0.6 is 0 Å². The molecule has 0 unspecified atom stereocenters. The first-order valence-corrected chi connectivity index (χ1v) is 10.0. The van der Waals surface area contributed by atoms with E-state index in [0.717, 1.165) is 41.1 Å². The molecule has 0 saturated carbocycles. The number of aromatic amines is 1. The van der Waals surface area contributed by atoms with Crippen molar-refractivity contribution in [2.24, 2.45) is 5.92 Å². The summed E-state index contributed by atoms with van der Waals surface area (Å²) in [5.41, 5.74) is 5.95. The summed E-state index contributed by atoms with van der Waals surface area (Å²) in [7, 11) is 0. The van der Waals surface area contributed by atoms with Gasteiger partial charge < -0.3 is 4.90 Å². The molecule has 3 aromatic rings. The largest absolute Gasteiger partial charge is 0.332 e. The third-order valence-corrected chi connectivity index (χ3v) is 5.23. The van der Waals surface area contributed by atoms with Crippen LogP contribution in [0, 0.1) is 5.92 Å². The van der Waals surface area contributed by atoms with Crippen LogP contribution < -0.4 is 0 Å². The lowest BCUT2D eigenvalue weighted by molar-refractivity contribution is 0.0722. The van der Waals surface area contributed by atoms with Crippen molar-refractivity contribution >= 4 is 5.91 Å². The first kappa shape index (κ1) is 18.5. The van der Waals surface area contributed by atoms with Crippen LogP contribution in [0.3, 0.4) is 0 Å². The van der Waals surface area contributed by atoms with Gasteiger partial charge >= 0.3 is 0 Å². The van der Waals surface area contributed by atoms with Crippen molar-refractivity contribution in [2.45, 2.75) is 46.7 Å². The van der Waals surface area contributed by atoms with E-state index in [1.807, 2.05) is 40.8 Å². The normalized spacial score (nSPS) is 13.8. The van der Waals surface area contributed by atoms with Crippen LogP contribution in [0.15, 0.2) is 36.4 Å². The van der Waals surface area contributed by atoms with Gasteiger partial charge in [-0.05, 0) is 25.3 Å². The highest BCUT2D eigenvalue weighted by molar-refractivity contribution is 5.93. The minimum absolute atomic E-state index is 0.0511. The number of nitrogens with one attached hydrogen (secondary N) is 1. The van der Waals surface area contributed by atoms with Gasteiger partial charge in [0.25, 0.3) is 5.91 Å². The predicted octanol–water partition coefficient (Wildman–Crippen LogP) is 3.69. The molecule has 4 rings (SSSR count). The van der Waals surface area contributed by atoms with E-state index in [4.69, 9.17) is 0 Å². The smallest absolute Gasteiger partial charge is 0.272 e. The Morgan fingerprint density at radius 1 is 1.25 bits per heavy atom. The van der Waals surface area contributed by atoms with Gasteiger partial charge in [-0.15, -0.1) is 0 Å². The zero-order valence-corrected chi connectivity index (χ0v) is 16.8. The second kappa shape index (κ2) is 7.62. The number of rotatable bonds is 5. The lowest BCUT2D eigenvalue weighted by atomic mass is 10.0. The van der Waals surface area contributed by atoms with Crippen LogP contribution in [0.2, 0.25) is 0 Å². The summed E-state index contributed by atoms with van der Waals surface area (Å²) in [6, 6.07) is 12.1. The third-order valence-electron chi connectivity index (χ3n) is 5.23. The summed E-state index contributed by atoms with van der Waals surface area (Å²) in [5, 5.41) is 12.3. The minimum Gasteiger partial charge on any atom is -0.332 e. The van der Waals surface area contributed by atoms with Crippen LogP contribution in [0.5, 0.6) is 0 Å². The number of carbonyl (C=O) groups is 1. The van der Waals surface area contributed by atoms with Crippen molar-refractivity contribution in [1.82, 2.24) is 24.9 Å². The van der Waals surface area contributed by atoms with Crippen LogP contribution in [-0.2, 0) is 25.9 Å². The zero-order chi connectivity index (χ0) is 19.7. The summed E-state index contributed by atoms with van der Waals surface area (Å²) in [4.78, 5) is 15.2. The van der Waals surface area contributed by atoms with Gasteiger partial charge in [0.1, 0.15) is 5.69 Å². The van der Waals surface area contributed by atoms with Gasteiger partial charge in [0.15, 0.2) is 0 Å². The average molecular weight is 377 g/mol. The lowest BCUT2D eigenvalue weighted by Gasteiger charge is -2.27. The molecule has 1 amide bonds. The fourth-order valence-electron chi connectivity index (χ4n) is 3.87. The number of nitrogens with zero attached hydrogens (tertiary/aromatic N) is 4. The monoisotopic (exact) mass is 377 g/mol. The molecule has 0 radical (unpaired) electrons. The molecule has 1 aliphatic heterocycles. The number of amides is 1. The highest BCUT2D eigenvalue weighted by Gasteiger charge is 2.28.